The molecule has 0 saturated heterocycles. The highest BCUT2D eigenvalue weighted by atomic mass is 35.5. The van der Waals surface area contributed by atoms with Gasteiger partial charge in [0.2, 0.25) is 5.88 Å². The lowest BCUT2D eigenvalue weighted by Crippen LogP contribution is -1.97. The Hall–Kier alpha value is -1.52. The lowest BCUT2D eigenvalue weighted by Gasteiger charge is -2.09. The van der Waals surface area contributed by atoms with Crippen molar-refractivity contribution in [2.45, 2.75) is 26.9 Å². The van der Waals surface area contributed by atoms with Crippen LogP contribution in [0.4, 0.5) is 0 Å². The standard InChI is InChI=1S/C14H17ClN2O2/c1-4-10-7-11(5-6-13(10)15)19-14-12(8-18)9(2)16-17(14)3/h5-7,18H,4,8H2,1-3H3. The van der Waals surface area contributed by atoms with Gasteiger partial charge in [0.1, 0.15) is 5.75 Å². The van der Waals surface area contributed by atoms with Crippen molar-refractivity contribution in [1.82, 2.24) is 9.78 Å². The quantitative estimate of drug-likeness (QED) is 0.935. The van der Waals surface area contributed by atoms with Gasteiger partial charge in [-0.3, -0.25) is 0 Å². The van der Waals surface area contributed by atoms with Crippen LogP contribution in [0.5, 0.6) is 11.6 Å². The Balaban J connectivity index is 2.36. The van der Waals surface area contributed by atoms with E-state index in [0.717, 1.165) is 22.7 Å². The predicted octanol–water partition coefficient (Wildman–Crippen LogP) is 3.23. The van der Waals surface area contributed by atoms with Gasteiger partial charge in [0.25, 0.3) is 0 Å². The monoisotopic (exact) mass is 280 g/mol. The molecular formula is C14H17ClN2O2. The minimum Gasteiger partial charge on any atom is -0.439 e. The maximum Gasteiger partial charge on any atom is 0.223 e. The molecule has 0 amide bonds. The van der Waals surface area contributed by atoms with Crippen molar-refractivity contribution >= 4 is 11.6 Å². The molecule has 1 aromatic carbocycles. The van der Waals surface area contributed by atoms with E-state index in [1.165, 1.54) is 0 Å². The molecule has 0 aliphatic rings. The van der Waals surface area contributed by atoms with E-state index in [-0.39, 0.29) is 6.61 Å². The Morgan fingerprint density at radius 3 is 2.79 bits per heavy atom. The number of aryl methyl sites for hydroxylation is 3. The molecule has 102 valence electrons. The third-order valence-corrected chi connectivity index (χ3v) is 3.43. The highest BCUT2D eigenvalue weighted by Crippen LogP contribution is 2.29. The summed E-state index contributed by atoms with van der Waals surface area (Å²) in [5.74, 6) is 1.25. The second-order valence-electron chi connectivity index (χ2n) is 4.36. The summed E-state index contributed by atoms with van der Waals surface area (Å²) in [6.45, 7) is 3.79. The zero-order valence-electron chi connectivity index (χ0n) is 11.3. The van der Waals surface area contributed by atoms with Gasteiger partial charge < -0.3 is 9.84 Å². The molecule has 2 aromatic rings. The fraction of sp³-hybridized carbons (Fsp3) is 0.357. The molecule has 5 heteroatoms. The minimum atomic E-state index is -0.0940. The van der Waals surface area contributed by atoms with Crippen LogP contribution in [-0.4, -0.2) is 14.9 Å². The van der Waals surface area contributed by atoms with E-state index in [4.69, 9.17) is 16.3 Å². The van der Waals surface area contributed by atoms with Crippen molar-refractivity contribution in [3.05, 3.63) is 40.0 Å². The number of benzene rings is 1. The van der Waals surface area contributed by atoms with Crippen molar-refractivity contribution in [2.75, 3.05) is 0 Å². The summed E-state index contributed by atoms with van der Waals surface area (Å²) in [7, 11) is 1.79. The fourth-order valence-corrected chi connectivity index (χ4v) is 2.24. The van der Waals surface area contributed by atoms with Gasteiger partial charge in [-0.2, -0.15) is 5.10 Å². The topological polar surface area (TPSA) is 47.3 Å². The van der Waals surface area contributed by atoms with Gasteiger partial charge in [0.05, 0.1) is 17.9 Å². The van der Waals surface area contributed by atoms with Crippen molar-refractivity contribution in [2.24, 2.45) is 7.05 Å². The molecule has 0 aliphatic carbocycles. The largest absolute Gasteiger partial charge is 0.439 e. The van der Waals surface area contributed by atoms with Crippen LogP contribution in [0.2, 0.25) is 5.02 Å². The molecule has 0 spiro atoms. The first-order chi connectivity index (χ1) is 9.06. The van der Waals surface area contributed by atoms with E-state index in [9.17, 15) is 5.11 Å². The zero-order valence-corrected chi connectivity index (χ0v) is 12.0. The maximum absolute atomic E-state index is 9.38. The first-order valence-electron chi connectivity index (χ1n) is 6.16. The molecule has 0 fully saturated rings. The van der Waals surface area contributed by atoms with Crippen molar-refractivity contribution in [1.29, 1.82) is 0 Å². The van der Waals surface area contributed by atoms with Crippen LogP contribution >= 0.6 is 11.6 Å². The Morgan fingerprint density at radius 2 is 2.16 bits per heavy atom. The average Bonchev–Trinajstić information content (AvgIpc) is 2.66. The normalized spacial score (nSPS) is 10.8. The highest BCUT2D eigenvalue weighted by Gasteiger charge is 2.15. The van der Waals surface area contributed by atoms with Crippen LogP contribution in [0.3, 0.4) is 0 Å². The highest BCUT2D eigenvalue weighted by molar-refractivity contribution is 6.31. The summed E-state index contributed by atoms with van der Waals surface area (Å²) in [4.78, 5) is 0. The molecule has 0 unspecified atom stereocenters. The number of aromatic nitrogens is 2. The SMILES string of the molecule is CCc1cc(Oc2c(CO)c(C)nn2C)ccc1Cl. The second kappa shape index (κ2) is 5.63. The number of aliphatic hydroxyl groups excluding tert-OH is 1. The summed E-state index contributed by atoms with van der Waals surface area (Å²) < 4.78 is 7.46. The van der Waals surface area contributed by atoms with Crippen LogP contribution in [0.25, 0.3) is 0 Å². The number of nitrogens with zero attached hydrogens (tertiary/aromatic N) is 2. The van der Waals surface area contributed by atoms with Gasteiger partial charge in [-0.25, -0.2) is 4.68 Å². The Morgan fingerprint density at radius 1 is 1.42 bits per heavy atom. The third-order valence-electron chi connectivity index (χ3n) is 3.06. The van der Waals surface area contributed by atoms with E-state index < -0.39 is 0 Å². The Labute approximate surface area is 117 Å². The molecule has 0 aliphatic heterocycles. The molecule has 1 aromatic heterocycles. The van der Waals surface area contributed by atoms with Gasteiger partial charge in [0.15, 0.2) is 0 Å². The Kier molecular flexibility index (Phi) is 4.12. The molecular weight excluding hydrogens is 264 g/mol. The van der Waals surface area contributed by atoms with Gasteiger partial charge in [0, 0.05) is 12.1 Å². The number of rotatable bonds is 4. The lowest BCUT2D eigenvalue weighted by molar-refractivity contribution is 0.274. The number of hydrogen-bond donors (Lipinski definition) is 1. The van der Waals surface area contributed by atoms with Crippen LogP contribution in [-0.2, 0) is 20.1 Å². The zero-order chi connectivity index (χ0) is 14.0. The first-order valence-corrected chi connectivity index (χ1v) is 6.54. The molecule has 19 heavy (non-hydrogen) atoms. The molecule has 0 bridgehead atoms. The minimum absolute atomic E-state index is 0.0940. The van der Waals surface area contributed by atoms with E-state index in [2.05, 4.69) is 5.10 Å². The number of hydrogen-bond acceptors (Lipinski definition) is 3. The van der Waals surface area contributed by atoms with Crippen molar-refractivity contribution in [3.8, 4) is 11.6 Å². The summed E-state index contributed by atoms with van der Waals surface area (Å²) >= 11 is 6.08. The Bertz CT molecular complexity index is 593. The smallest absolute Gasteiger partial charge is 0.223 e. The molecule has 0 saturated carbocycles. The molecule has 0 radical (unpaired) electrons. The third kappa shape index (κ3) is 2.74. The second-order valence-corrected chi connectivity index (χ2v) is 4.77. The predicted molar refractivity (Wildman–Crippen MR) is 74.8 cm³/mol. The number of aliphatic hydroxyl groups is 1. The molecule has 0 atom stereocenters. The summed E-state index contributed by atoms with van der Waals surface area (Å²) in [6, 6.07) is 5.54. The van der Waals surface area contributed by atoms with Crippen LogP contribution in [0, 0.1) is 6.92 Å². The van der Waals surface area contributed by atoms with E-state index >= 15 is 0 Å². The van der Waals surface area contributed by atoms with Crippen LogP contribution in [0.1, 0.15) is 23.7 Å². The first kappa shape index (κ1) is 13.9. The number of ether oxygens (including phenoxy) is 1. The average molecular weight is 281 g/mol. The molecule has 1 N–H and O–H groups in total. The van der Waals surface area contributed by atoms with E-state index in [1.54, 1.807) is 11.7 Å². The maximum atomic E-state index is 9.38. The van der Waals surface area contributed by atoms with Crippen LogP contribution < -0.4 is 4.74 Å². The fourth-order valence-electron chi connectivity index (χ4n) is 1.99. The van der Waals surface area contributed by atoms with Gasteiger partial charge in [-0.15, -0.1) is 0 Å². The summed E-state index contributed by atoms with van der Waals surface area (Å²) in [5, 5.41) is 14.4. The summed E-state index contributed by atoms with van der Waals surface area (Å²) in [5.41, 5.74) is 2.50. The van der Waals surface area contributed by atoms with Crippen LogP contribution in [0.15, 0.2) is 18.2 Å². The molecule has 1 heterocycles. The lowest BCUT2D eigenvalue weighted by atomic mass is 10.1. The molecule has 2 rings (SSSR count). The van der Waals surface area contributed by atoms with Gasteiger partial charge in [-0.1, -0.05) is 18.5 Å². The summed E-state index contributed by atoms with van der Waals surface area (Å²) in [6.07, 6.45) is 0.841. The van der Waals surface area contributed by atoms with E-state index in [0.29, 0.717) is 17.2 Å². The molecule has 4 nitrogen and oxygen atoms in total. The van der Waals surface area contributed by atoms with Crippen molar-refractivity contribution in [3.63, 3.8) is 0 Å². The van der Waals surface area contributed by atoms with Gasteiger partial charge in [-0.05, 0) is 37.1 Å². The van der Waals surface area contributed by atoms with Crippen molar-refractivity contribution < 1.29 is 9.84 Å². The van der Waals surface area contributed by atoms with Gasteiger partial charge >= 0.3 is 0 Å². The number of halogens is 1. The van der Waals surface area contributed by atoms with E-state index in [1.807, 2.05) is 32.0 Å².